The predicted octanol–water partition coefficient (Wildman–Crippen LogP) is 2.48. The SMILES string of the molecule is Cc1oc(-c2[nH]ncc2C(=O)N2CCCCC2)cc1S(=O)(=O)NCc1ccncc1. The first-order valence-electron chi connectivity index (χ1n) is 9.78. The minimum absolute atomic E-state index is 0.0255. The number of likely N-dealkylation sites (tertiary alicyclic amines) is 1. The molecule has 0 spiro atoms. The van der Waals surface area contributed by atoms with Gasteiger partial charge < -0.3 is 9.32 Å². The predicted molar refractivity (Wildman–Crippen MR) is 109 cm³/mol. The summed E-state index contributed by atoms with van der Waals surface area (Å²) in [6, 6.07) is 4.89. The minimum Gasteiger partial charge on any atom is -0.458 e. The molecule has 1 saturated heterocycles. The number of carbonyl (C=O) groups is 1. The maximum absolute atomic E-state index is 12.9. The molecule has 0 unspecified atom stereocenters. The van der Waals surface area contributed by atoms with Gasteiger partial charge in [0.2, 0.25) is 10.0 Å². The zero-order valence-corrected chi connectivity index (χ0v) is 17.4. The summed E-state index contributed by atoms with van der Waals surface area (Å²) in [7, 11) is -3.81. The Morgan fingerprint density at radius 2 is 1.97 bits per heavy atom. The second-order valence-corrected chi connectivity index (χ2v) is 8.96. The highest BCUT2D eigenvalue weighted by atomic mass is 32.2. The molecule has 0 bridgehead atoms. The molecule has 1 amide bonds. The van der Waals surface area contributed by atoms with Crippen LogP contribution in [-0.2, 0) is 16.6 Å². The first-order chi connectivity index (χ1) is 14.5. The number of furan rings is 1. The van der Waals surface area contributed by atoms with Crippen LogP contribution in [0.1, 0.15) is 40.9 Å². The van der Waals surface area contributed by atoms with Crippen molar-refractivity contribution in [2.24, 2.45) is 0 Å². The topological polar surface area (TPSA) is 121 Å². The number of carbonyl (C=O) groups excluding carboxylic acids is 1. The van der Waals surface area contributed by atoms with E-state index in [0.717, 1.165) is 24.8 Å². The molecular formula is C20H23N5O4S. The summed E-state index contributed by atoms with van der Waals surface area (Å²) in [5.41, 5.74) is 1.54. The Morgan fingerprint density at radius 1 is 1.23 bits per heavy atom. The third-order valence-corrected chi connectivity index (χ3v) is 6.65. The van der Waals surface area contributed by atoms with Crippen molar-refractivity contribution in [1.29, 1.82) is 0 Å². The third-order valence-electron chi connectivity index (χ3n) is 5.14. The molecule has 2 N–H and O–H groups in total. The normalized spacial score (nSPS) is 14.8. The number of aryl methyl sites for hydroxylation is 1. The van der Waals surface area contributed by atoms with E-state index in [0.29, 0.717) is 24.3 Å². The van der Waals surface area contributed by atoms with Gasteiger partial charge in [0.1, 0.15) is 16.3 Å². The smallest absolute Gasteiger partial charge is 0.257 e. The third kappa shape index (κ3) is 4.14. The van der Waals surface area contributed by atoms with Gasteiger partial charge in [-0.05, 0) is 43.9 Å². The number of nitrogens with one attached hydrogen (secondary N) is 2. The largest absolute Gasteiger partial charge is 0.458 e. The quantitative estimate of drug-likeness (QED) is 0.621. The van der Waals surface area contributed by atoms with Crippen molar-refractivity contribution < 1.29 is 17.6 Å². The molecule has 9 nitrogen and oxygen atoms in total. The van der Waals surface area contributed by atoms with Gasteiger partial charge >= 0.3 is 0 Å². The molecule has 0 aliphatic carbocycles. The Kier molecular flexibility index (Phi) is 5.69. The van der Waals surface area contributed by atoms with E-state index >= 15 is 0 Å². The van der Waals surface area contributed by atoms with E-state index in [4.69, 9.17) is 4.42 Å². The number of sulfonamides is 1. The number of nitrogens with zero attached hydrogens (tertiary/aromatic N) is 3. The van der Waals surface area contributed by atoms with E-state index in [1.165, 1.54) is 12.3 Å². The molecular weight excluding hydrogens is 406 g/mol. The van der Waals surface area contributed by atoms with Crippen LogP contribution in [0.15, 0.2) is 46.1 Å². The summed E-state index contributed by atoms with van der Waals surface area (Å²) in [5.74, 6) is 0.362. The number of piperidine rings is 1. The molecule has 30 heavy (non-hydrogen) atoms. The van der Waals surface area contributed by atoms with Crippen molar-refractivity contribution in [3.05, 3.63) is 53.7 Å². The van der Waals surface area contributed by atoms with E-state index in [9.17, 15) is 13.2 Å². The van der Waals surface area contributed by atoms with Crippen LogP contribution in [0.25, 0.3) is 11.5 Å². The fourth-order valence-electron chi connectivity index (χ4n) is 3.52. The van der Waals surface area contributed by atoms with Crippen LogP contribution in [-0.4, -0.2) is 47.5 Å². The maximum atomic E-state index is 12.9. The lowest BCUT2D eigenvalue weighted by atomic mass is 10.1. The standard InChI is InChI=1S/C20H23N5O4S/c1-14-18(30(27,28)23-12-15-5-7-21-8-6-15)11-17(29-14)19-16(13-22-24-19)20(26)25-9-3-2-4-10-25/h5-8,11,13,23H,2-4,9-10,12H2,1H3,(H,22,24). The zero-order chi connectivity index (χ0) is 21.1. The Bertz CT molecular complexity index is 1130. The van der Waals surface area contributed by atoms with Crippen LogP contribution in [0.4, 0.5) is 0 Å². The van der Waals surface area contributed by atoms with Gasteiger partial charge in [0.05, 0.1) is 11.8 Å². The average Bonchev–Trinajstić information content (AvgIpc) is 3.40. The lowest BCUT2D eigenvalue weighted by molar-refractivity contribution is 0.0725. The van der Waals surface area contributed by atoms with Crippen LogP contribution < -0.4 is 4.72 Å². The van der Waals surface area contributed by atoms with Gasteiger partial charge in [-0.15, -0.1) is 0 Å². The van der Waals surface area contributed by atoms with Crippen LogP contribution in [0.2, 0.25) is 0 Å². The van der Waals surface area contributed by atoms with Crippen molar-refractivity contribution in [2.45, 2.75) is 37.6 Å². The van der Waals surface area contributed by atoms with Crippen molar-refractivity contribution in [3.63, 3.8) is 0 Å². The highest BCUT2D eigenvalue weighted by Gasteiger charge is 2.27. The highest BCUT2D eigenvalue weighted by molar-refractivity contribution is 7.89. The van der Waals surface area contributed by atoms with Gasteiger partial charge in [0.15, 0.2) is 5.76 Å². The number of H-pyrrole nitrogens is 1. The molecule has 0 saturated carbocycles. The molecule has 1 fully saturated rings. The zero-order valence-electron chi connectivity index (χ0n) is 16.6. The second-order valence-electron chi connectivity index (χ2n) is 7.22. The van der Waals surface area contributed by atoms with E-state index in [-0.39, 0.29) is 28.9 Å². The molecule has 3 aromatic heterocycles. The molecule has 158 valence electrons. The van der Waals surface area contributed by atoms with Crippen molar-refractivity contribution in [1.82, 2.24) is 24.8 Å². The number of amides is 1. The average molecular weight is 430 g/mol. The molecule has 0 atom stereocenters. The van der Waals surface area contributed by atoms with Crippen LogP contribution >= 0.6 is 0 Å². The molecule has 4 rings (SSSR count). The monoisotopic (exact) mass is 429 g/mol. The molecule has 10 heteroatoms. The minimum atomic E-state index is -3.81. The molecule has 0 aromatic carbocycles. The Balaban J connectivity index is 1.57. The van der Waals surface area contributed by atoms with Gasteiger partial charge in [-0.25, -0.2) is 13.1 Å². The summed E-state index contributed by atoms with van der Waals surface area (Å²) >= 11 is 0. The van der Waals surface area contributed by atoms with Crippen LogP contribution in [0, 0.1) is 6.92 Å². The van der Waals surface area contributed by atoms with E-state index < -0.39 is 10.0 Å². The summed E-state index contributed by atoms with van der Waals surface area (Å²) in [5, 5.41) is 6.77. The number of hydrogen-bond donors (Lipinski definition) is 2. The fraction of sp³-hybridized carbons (Fsp3) is 0.350. The van der Waals surface area contributed by atoms with Crippen molar-refractivity contribution >= 4 is 15.9 Å². The van der Waals surface area contributed by atoms with Gasteiger partial charge in [0, 0.05) is 38.1 Å². The first-order valence-corrected chi connectivity index (χ1v) is 11.3. The summed E-state index contributed by atoms with van der Waals surface area (Å²) in [6.07, 6.45) is 7.73. The lowest BCUT2D eigenvalue weighted by Crippen LogP contribution is -2.35. The van der Waals surface area contributed by atoms with E-state index in [1.807, 2.05) is 0 Å². The number of pyridine rings is 1. The number of hydrogen-bond acceptors (Lipinski definition) is 6. The highest BCUT2D eigenvalue weighted by Crippen LogP contribution is 2.30. The molecule has 0 radical (unpaired) electrons. The van der Waals surface area contributed by atoms with E-state index in [2.05, 4.69) is 19.9 Å². The van der Waals surface area contributed by atoms with E-state index in [1.54, 1.807) is 36.4 Å². The number of aromatic nitrogens is 3. The molecule has 3 aromatic rings. The Morgan fingerprint density at radius 3 is 2.70 bits per heavy atom. The number of aromatic amines is 1. The van der Waals surface area contributed by atoms with Gasteiger partial charge in [-0.3, -0.25) is 14.9 Å². The Hall–Kier alpha value is -2.98. The second kappa shape index (κ2) is 8.41. The molecule has 1 aliphatic rings. The van der Waals surface area contributed by atoms with Crippen LogP contribution in [0.3, 0.4) is 0 Å². The van der Waals surface area contributed by atoms with Crippen LogP contribution in [0.5, 0.6) is 0 Å². The molecule has 4 heterocycles. The first kappa shape index (κ1) is 20.3. The fourth-order valence-corrected chi connectivity index (χ4v) is 4.71. The number of rotatable bonds is 6. The molecule has 1 aliphatic heterocycles. The maximum Gasteiger partial charge on any atom is 0.257 e. The Labute approximate surface area is 174 Å². The van der Waals surface area contributed by atoms with Gasteiger partial charge in [0.25, 0.3) is 5.91 Å². The summed E-state index contributed by atoms with van der Waals surface area (Å²) in [4.78, 5) is 18.6. The van der Waals surface area contributed by atoms with Crippen molar-refractivity contribution in [3.8, 4) is 11.5 Å². The summed E-state index contributed by atoms with van der Waals surface area (Å²) in [6.45, 7) is 3.12. The van der Waals surface area contributed by atoms with Gasteiger partial charge in [-0.1, -0.05) is 0 Å². The lowest BCUT2D eigenvalue weighted by Gasteiger charge is -2.26. The van der Waals surface area contributed by atoms with Gasteiger partial charge in [-0.2, -0.15) is 5.10 Å². The summed E-state index contributed by atoms with van der Waals surface area (Å²) < 4.78 is 33.8. The van der Waals surface area contributed by atoms with Crippen molar-refractivity contribution in [2.75, 3.05) is 13.1 Å².